The van der Waals surface area contributed by atoms with E-state index in [0.717, 1.165) is 20.9 Å². The molecule has 1 aromatic heterocycles. The molecule has 0 spiro atoms. The van der Waals surface area contributed by atoms with E-state index in [4.69, 9.17) is 0 Å². The first-order valence-corrected chi connectivity index (χ1v) is 9.90. The predicted molar refractivity (Wildman–Crippen MR) is 114 cm³/mol. The molecule has 3 aromatic carbocycles. The van der Waals surface area contributed by atoms with Crippen LogP contribution in [0.25, 0.3) is 11.3 Å². The summed E-state index contributed by atoms with van der Waals surface area (Å²) in [6.45, 7) is 0. The fraction of sp³-hybridized carbons (Fsp3) is 0. The molecule has 4 nitrogen and oxygen atoms in total. The first kappa shape index (κ1) is 20.8. The zero-order valence-electron chi connectivity index (χ0n) is 15.8. The minimum absolute atomic E-state index is 0. The standard InChI is InChI=1S/C24H15N2O2S.Y/c27-23-19-20(24(28)25-21(19)15-7-3-1-4-8-15)22(26-23)16-11-13-18(14-12-16)29-17-9-5-2-6-10-17;/h2-14,25,28H;/q-1;. The molecule has 0 aliphatic carbocycles. The first-order valence-electron chi connectivity index (χ1n) is 9.09. The predicted octanol–water partition coefficient (Wildman–Crippen LogP) is 5.33. The van der Waals surface area contributed by atoms with E-state index < -0.39 is 0 Å². The second-order valence-electron chi connectivity index (χ2n) is 6.59. The molecular weight excluding hydrogens is 469 g/mol. The summed E-state index contributed by atoms with van der Waals surface area (Å²) < 4.78 is 0. The molecule has 2 N–H and O–H groups in total. The molecule has 0 fully saturated rings. The van der Waals surface area contributed by atoms with Gasteiger partial charge in [-0.05, 0) is 24.3 Å². The van der Waals surface area contributed by atoms with Gasteiger partial charge < -0.3 is 10.1 Å². The van der Waals surface area contributed by atoms with Crippen LogP contribution in [0.3, 0.4) is 0 Å². The maximum Gasteiger partial charge on any atom is 0.280 e. The molecule has 6 heteroatoms. The van der Waals surface area contributed by atoms with Crippen LogP contribution in [-0.2, 0) is 32.7 Å². The van der Waals surface area contributed by atoms with Crippen LogP contribution in [-0.4, -0.2) is 21.7 Å². The first-order chi connectivity index (χ1) is 14.2. The number of fused-ring (bicyclic) bond motifs is 1. The molecule has 1 radical (unpaired) electrons. The molecule has 1 aliphatic rings. The number of carbonyl (C=O) groups excluding carboxylic acids is 1. The van der Waals surface area contributed by atoms with Crippen molar-refractivity contribution in [2.45, 2.75) is 9.79 Å². The van der Waals surface area contributed by atoms with Gasteiger partial charge in [-0.3, -0.25) is 4.79 Å². The number of nitrogens with one attached hydrogen (secondary N) is 1. The van der Waals surface area contributed by atoms with Crippen LogP contribution in [0, 0.1) is 6.07 Å². The summed E-state index contributed by atoms with van der Waals surface area (Å²) in [4.78, 5) is 22.1. The summed E-state index contributed by atoms with van der Waals surface area (Å²) in [6, 6.07) is 28.1. The number of rotatable bonds is 4. The Balaban J connectivity index is 0.00000218. The Morgan fingerprint density at radius 1 is 0.833 bits per heavy atom. The van der Waals surface area contributed by atoms with Crippen molar-refractivity contribution in [2.24, 2.45) is 4.99 Å². The van der Waals surface area contributed by atoms with Crippen molar-refractivity contribution in [3.63, 3.8) is 0 Å². The van der Waals surface area contributed by atoms with Gasteiger partial charge in [-0.15, -0.1) is 5.56 Å². The van der Waals surface area contributed by atoms with E-state index >= 15 is 0 Å². The number of benzene rings is 3. The zero-order valence-corrected chi connectivity index (χ0v) is 19.4. The number of aromatic hydroxyl groups is 1. The summed E-state index contributed by atoms with van der Waals surface area (Å²) in [5.74, 6) is -0.396. The van der Waals surface area contributed by atoms with Crippen molar-refractivity contribution in [3.8, 4) is 17.1 Å². The largest absolute Gasteiger partial charge is 0.494 e. The van der Waals surface area contributed by atoms with Gasteiger partial charge in [0.2, 0.25) is 0 Å². The molecule has 1 aliphatic heterocycles. The van der Waals surface area contributed by atoms with Gasteiger partial charge in [0, 0.05) is 53.8 Å². The molecule has 5 rings (SSSR count). The van der Waals surface area contributed by atoms with Crippen LogP contribution in [0.2, 0.25) is 0 Å². The number of aromatic nitrogens is 1. The fourth-order valence-corrected chi connectivity index (χ4v) is 4.27. The summed E-state index contributed by atoms with van der Waals surface area (Å²) in [7, 11) is 0. The Morgan fingerprint density at radius 2 is 1.50 bits per heavy atom. The smallest absolute Gasteiger partial charge is 0.280 e. The van der Waals surface area contributed by atoms with Crippen LogP contribution in [0.15, 0.2) is 93.6 Å². The maximum absolute atomic E-state index is 12.6. The van der Waals surface area contributed by atoms with E-state index in [1.54, 1.807) is 23.9 Å². The Bertz CT molecular complexity index is 1230. The molecule has 143 valence electrons. The van der Waals surface area contributed by atoms with Crippen LogP contribution < -0.4 is 0 Å². The molecule has 1 amide bonds. The molecule has 30 heavy (non-hydrogen) atoms. The van der Waals surface area contributed by atoms with E-state index in [1.165, 1.54) is 0 Å². The van der Waals surface area contributed by atoms with Gasteiger partial charge >= 0.3 is 0 Å². The van der Waals surface area contributed by atoms with Crippen molar-refractivity contribution in [1.29, 1.82) is 0 Å². The van der Waals surface area contributed by atoms with Gasteiger partial charge in [-0.2, -0.15) is 30.3 Å². The number of hydrogen-bond donors (Lipinski definition) is 2. The van der Waals surface area contributed by atoms with Gasteiger partial charge in [0.15, 0.2) is 5.88 Å². The van der Waals surface area contributed by atoms with Crippen molar-refractivity contribution >= 4 is 23.4 Å². The van der Waals surface area contributed by atoms with E-state index in [0.29, 0.717) is 22.5 Å². The third-order valence-electron chi connectivity index (χ3n) is 4.76. The van der Waals surface area contributed by atoms with Gasteiger partial charge in [-0.25, -0.2) is 4.99 Å². The number of H-pyrrole nitrogens is 1. The molecule has 0 atom stereocenters. The second-order valence-corrected chi connectivity index (χ2v) is 7.74. The summed E-state index contributed by atoms with van der Waals surface area (Å²) >= 11 is 1.66. The zero-order chi connectivity index (χ0) is 19.8. The molecule has 4 aromatic rings. The summed E-state index contributed by atoms with van der Waals surface area (Å²) in [5, 5.41) is 10.5. The Labute approximate surface area is 203 Å². The Kier molecular flexibility index (Phi) is 6.05. The molecule has 0 saturated carbocycles. The van der Waals surface area contributed by atoms with E-state index in [9.17, 15) is 9.90 Å². The van der Waals surface area contributed by atoms with Crippen molar-refractivity contribution in [2.75, 3.05) is 0 Å². The minimum Gasteiger partial charge on any atom is -0.494 e. The van der Waals surface area contributed by atoms with E-state index in [1.807, 2.05) is 54.6 Å². The van der Waals surface area contributed by atoms with Gasteiger partial charge in [0.1, 0.15) is 0 Å². The third-order valence-corrected chi connectivity index (χ3v) is 5.77. The quantitative estimate of drug-likeness (QED) is 0.385. The van der Waals surface area contributed by atoms with Gasteiger partial charge in [0.05, 0.1) is 16.8 Å². The average Bonchev–Trinajstić information content (AvgIpc) is 3.29. The Hall–Kier alpha value is -2.47. The van der Waals surface area contributed by atoms with Crippen LogP contribution >= 0.6 is 11.8 Å². The topological polar surface area (TPSA) is 65.4 Å². The van der Waals surface area contributed by atoms with Crippen molar-refractivity contribution < 1.29 is 42.6 Å². The SMILES string of the molecule is O=C1N=C(c2ccc(Sc3ccccc3)cc2)c2c(O)[nH]c(-c3cc[c-]cc3)c21.[Y]. The molecular formula is C24H15N2O2SY-. The molecule has 0 bridgehead atoms. The van der Waals surface area contributed by atoms with Crippen molar-refractivity contribution in [1.82, 2.24) is 4.98 Å². The monoisotopic (exact) mass is 484 g/mol. The van der Waals surface area contributed by atoms with Crippen LogP contribution in [0.1, 0.15) is 21.5 Å². The minimum atomic E-state index is -0.350. The third kappa shape index (κ3) is 3.81. The van der Waals surface area contributed by atoms with Gasteiger partial charge in [-0.1, -0.05) is 42.1 Å². The van der Waals surface area contributed by atoms with Gasteiger partial charge in [0.25, 0.3) is 5.91 Å². The Morgan fingerprint density at radius 3 is 2.20 bits per heavy atom. The summed E-state index contributed by atoms with van der Waals surface area (Å²) in [5.41, 5.74) is 3.53. The normalized spacial score (nSPS) is 12.3. The number of carbonyl (C=O) groups is 1. The molecule has 0 unspecified atom stereocenters. The number of nitrogens with zero attached hydrogens (tertiary/aromatic N) is 1. The molecule has 0 saturated heterocycles. The second kappa shape index (κ2) is 8.72. The van der Waals surface area contributed by atoms with Crippen LogP contribution in [0.4, 0.5) is 0 Å². The molecule has 2 heterocycles. The average molecular weight is 484 g/mol. The number of hydrogen-bond acceptors (Lipinski definition) is 3. The summed E-state index contributed by atoms with van der Waals surface area (Å²) in [6.07, 6.45) is 0. The van der Waals surface area contributed by atoms with E-state index in [-0.39, 0.29) is 44.5 Å². The number of amides is 1. The van der Waals surface area contributed by atoms with Crippen LogP contribution in [0.5, 0.6) is 5.88 Å². The fourth-order valence-electron chi connectivity index (χ4n) is 3.43. The van der Waals surface area contributed by atoms with Crippen molar-refractivity contribution in [3.05, 3.63) is 102 Å². The van der Waals surface area contributed by atoms with E-state index in [2.05, 4.69) is 28.2 Å². The maximum atomic E-state index is 12.6. The number of aliphatic imine (C=N–C) groups is 1. The number of aromatic amines is 1.